The number of benzene rings is 1. The molecule has 2 nitrogen and oxygen atoms in total. The maximum absolute atomic E-state index is 5.71. The van der Waals surface area contributed by atoms with E-state index in [1.165, 1.54) is 11.1 Å². The average Bonchev–Trinajstić information content (AvgIpc) is 2.72. The summed E-state index contributed by atoms with van der Waals surface area (Å²) in [4.78, 5) is 0. The zero-order chi connectivity index (χ0) is 14.9. The molecule has 0 saturated carbocycles. The van der Waals surface area contributed by atoms with Crippen LogP contribution in [0, 0.1) is 0 Å². The van der Waals surface area contributed by atoms with Crippen molar-refractivity contribution in [2.75, 3.05) is 19.8 Å². The highest BCUT2D eigenvalue weighted by Gasteiger charge is 2.05. The highest BCUT2D eigenvalue weighted by molar-refractivity contribution is 5.38. The van der Waals surface area contributed by atoms with E-state index < -0.39 is 0 Å². The van der Waals surface area contributed by atoms with E-state index in [0.29, 0.717) is 12.5 Å². The standard InChI is InChI=1S/C19H24O2/c1-3-20-14-5-15-21-19-12-10-18(11-13-19)17-7-4-6-16(2)8-9-17/h4,6-13,17H,3,5,14-15H2,1-2H3. The van der Waals surface area contributed by atoms with Crippen LogP contribution in [-0.2, 0) is 4.74 Å². The Hall–Kier alpha value is -1.80. The van der Waals surface area contributed by atoms with Crippen molar-refractivity contribution in [3.8, 4) is 5.75 Å². The van der Waals surface area contributed by atoms with Crippen LogP contribution in [0.25, 0.3) is 0 Å². The molecule has 1 aromatic rings. The fourth-order valence-electron chi connectivity index (χ4n) is 2.21. The maximum atomic E-state index is 5.71. The van der Waals surface area contributed by atoms with E-state index in [1.54, 1.807) is 0 Å². The lowest BCUT2D eigenvalue weighted by molar-refractivity contribution is 0.131. The van der Waals surface area contributed by atoms with E-state index in [4.69, 9.17) is 9.47 Å². The van der Waals surface area contributed by atoms with E-state index >= 15 is 0 Å². The fourth-order valence-corrected chi connectivity index (χ4v) is 2.21. The van der Waals surface area contributed by atoms with Gasteiger partial charge in [-0.05, 0) is 31.5 Å². The molecule has 1 aliphatic rings. The summed E-state index contributed by atoms with van der Waals surface area (Å²) in [6, 6.07) is 8.36. The topological polar surface area (TPSA) is 18.5 Å². The number of hydrogen-bond donors (Lipinski definition) is 0. The molecule has 0 bridgehead atoms. The molecule has 0 saturated heterocycles. The van der Waals surface area contributed by atoms with Crippen molar-refractivity contribution in [1.29, 1.82) is 0 Å². The van der Waals surface area contributed by atoms with Crippen molar-refractivity contribution in [1.82, 2.24) is 0 Å². The Morgan fingerprint density at radius 1 is 1.05 bits per heavy atom. The summed E-state index contributed by atoms with van der Waals surface area (Å²) >= 11 is 0. The van der Waals surface area contributed by atoms with Crippen molar-refractivity contribution < 1.29 is 9.47 Å². The van der Waals surface area contributed by atoms with Gasteiger partial charge in [0.15, 0.2) is 0 Å². The lowest BCUT2D eigenvalue weighted by atomic mass is 9.98. The molecule has 0 aromatic heterocycles. The molecular weight excluding hydrogens is 260 g/mol. The van der Waals surface area contributed by atoms with Crippen LogP contribution < -0.4 is 4.74 Å². The summed E-state index contributed by atoms with van der Waals surface area (Å²) in [6.07, 6.45) is 11.8. The minimum absolute atomic E-state index is 0.339. The highest BCUT2D eigenvalue weighted by atomic mass is 16.5. The summed E-state index contributed by atoms with van der Waals surface area (Å²) in [5.41, 5.74) is 2.57. The number of ether oxygens (including phenoxy) is 2. The van der Waals surface area contributed by atoms with Gasteiger partial charge in [-0.2, -0.15) is 0 Å². The molecule has 0 spiro atoms. The molecule has 0 N–H and O–H groups in total. The molecule has 1 unspecified atom stereocenters. The third kappa shape index (κ3) is 5.24. The average molecular weight is 284 g/mol. The third-order valence-electron chi connectivity index (χ3n) is 3.41. The molecule has 0 amide bonds. The highest BCUT2D eigenvalue weighted by Crippen LogP contribution is 2.24. The fraction of sp³-hybridized carbons (Fsp3) is 0.368. The molecule has 0 radical (unpaired) electrons. The van der Waals surface area contributed by atoms with Crippen molar-refractivity contribution >= 4 is 0 Å². The SMILES string of the molecule is CCOCCCOc1ccc(C2C=CC=C(C)C=C2)cc1. The predicted molar refractivity (Wildman–Crippen MR) is 87.8 cm³/mol. The predicted octanol–water partition coefficient (Wildman–Crippen LogP) is 4.65. The van der Waals surface area contributed by atoms with Gasteiger partial charge in [-0.15, -0.1) is 0 Å². The smallest absolute Gasteiger partial charge is 0.119 e. The van der Waals surface area contributed by atoms with Crippen LogP contribution in [0.15, 0.2) is 60.2 Å². The van der Waals surface area contributed by atoms with Crippen LogP contribution in [0.2, 0.25) is 0 Å². The van der Waals surface area contributed by atoms with Gasteiger partial charge in [0.05, 0.1) is 6.61 Å². The van der Waals surface area contributed by atoms with Crippen molar-refractivity contribution in [2.45, 2.75) is 26.2 Å². The third-order valence-corrected chi connectivity index (χ3v) is 3.41. The van der Waals surface area contributed by atoms with Crippen LogP contribution >= 0.6 is 0 Å². The van der Waals surface area contributed by atoms with Crippen LogP contribution in [0.5, 0.6) is 5.75 Å². The molecule has 0 aliphatic heterocycles. The van der Waals surface area contributed by atoms with Gasteiger partial charge < -0.3 is 9.47 Å². The Morgan fingerprint density at radius 2 is 1.86 bits per heavy atom. The Morgan fingerprint density at radius 3 is 2.62 bits per heavy atom. The Balaban J connectivity index is 1.86. The van der Waals surface area contributed by atoms with Crippen LogP contribution in [0.1, 0.15) is 31.7 Å². The number of rotatable bonds is 7. The van der Waals surface area contributed by atoms with Gasteiger partial charge in [0.2, 0.25) is 0 Å². The van der Waals surface area contributed by atoms with Crippen LogP contribution in [0.3, 0.4) is 0 Å². The maximum Gasteiger partial charge on any atom is 0.119 e. The second-order valence-corrected chi connectivity index (χ2v) is 5.15. The largest absolute Gasteiger partial charge is 0.494 e. The van der Waals surface area contributed by atoms with Crippen LogP contribution in [0.4, 0.5) is 0 Å². The summed E-state index contributed by atoms with van der Waals surface area (Å²) in [6.45, 7) is 6.35. The lowest BCUT2D eigenvalue weighted by Gasteiger charge is -2.10. The molecule has 21 heavy (non-hydrogen) atoms. The van der Waals surface area contributed by atoms with Crippen molar-refractivity contribution in [2.24, 2.45) is 0 Å². The first-order valence-electron chi connectivity index (χ1n) is 7.63. The monoisotopic (exact) mass is 284 g/mol. The molecule has 1 atom stereocenters. The van der Waals surface area contributed by atoms with Gasteiger partial charge in [-0.3, -0.25) is 0 Å². The normalized spacial score (nSPS) is 17.4. The summed E-state index contributed by atoms with van der Waals surface area (Å²) in [5.74, 6) is 1.26. The minimum Gasteiger partial charge on any atom is -0.494 e. The van der Waals surface area contributed by atoms with Gasteiger partial charge in [0.25, 0.3) is 0 Å². The molecule has 0 fully saturated rings. The van der Waals surface area contributed by atoms with Gasteiger partial charge in [0, 0.05) is 25.6 Å². The summed E-state index contributed by atoms with van der Waals surface area (Å²) in [7, 11) is 0. The van der Waals surface area contributed by atoms with Gasteiger partial charge in [-0.25, -0.2) is 0 Å². The van der Waals surface area contributed by atoms with Gasteiger partial charge in [0.1, 0.15) is 5.75 Å². The number of hydrogen-bond acceptors (Lipinski definition) is 2. The summed E-state index contributed by atoms with van der Waals surface area (Å²) in [5, 5.41) is 0. The van der Waals surface area contributed by atoms with E-state index in [9.17, 15) is 0 Å². The molecule has 112 valence electrons. The second kappa shape index (κ2) is 8.48. The van der Waals surface area contributed by atoms with E-state index in [1.807, 2.05) is 19.1 Å². The first-order valence-corrected chi connectivity index (χ1v) is 7.63. The number of allylic oxidation sites excluding steroid dienone is 6. The summed E-state index contributed by atoms with van der Waals surface area (Å²) < 4.78 is 11.0. The first kappa shape index (κ1) is 15.6. The Kier molecular flexibility index (Phi) is 6.29. The first-order chi connectivity index (χ1) is 10.3. The van der Waals surface area contributed by atoms with E-state index in [-0.39, 0.29) is 0 Å². The van der Waals surface area contributed by atoms with Crippen molar-refractivity contribution in [3.05, 3.63) is 65.8 Å². The zero-order valence-corrected chi connectivity index (χ0v) is 12.9. The second-order valence-electron chi connectivity index (χ2n) is 5.15. The quantitative estimate of drug-likeness (QED) is 0.679. The Bertz CT molecular complexity index is 509. The Labute approximate surface area is 127 Å². The molecule has 1 aliphatic carbocycles. The molecule has 2 rings (SSSR count). The zero-order valence-electron chi connectivity index (χ0n) is 12.9. The molecule has 1 aromatic carbocycles. The molecule has 2 heteroatoms. The van der Waals surface area contributed by atoms with E-state index in [2.05, 4.69) is 49.4 Å². The lowest BCUT2D eigenvalue weighted by Crippen LogP contribution is -2.03. The van der Waals surface area contributed by atoms with Gasteiger partial charge >= 0.3 is 0 Å². The molecular formula is C19H24O2. The van der Waals surface area contributed by atoms with Gasteiger partial charge in [-0.1, -0.05) is 48.1 Å². The van der Waals surface area contributed by atoms with Crippen LogP contribution in [-0.4, -0.2) is 19.8 Å². The van der Waals surface area contributed by atoms with Crippen molar-refractivity contribution in [3.63, 3.8) is 0 Å². The molecule has 0 heterocycles. The minimum atomic E-state index is 0.339. The van der Waals surface area contributed by atoms with E-state index in [0.717, 1.165) is 25.4 Å².